The molecule has 0 radical (unpaired) electrons. The summed E-state index contributed by atoms with van der Waals surface area (Å²) in [7, 11) is 8.18. The maximum atomic E-state index is 5.80. The van der Waals surface area contributed by atoms with Crippen LogP contribution in [0.15, 0.2) is 4.99 Å². The Hall–Kier alpha value is -0.850. The molecule has 2 fully saturated rings. The largest absolute Gasteiger partial charge is 0.379 e. The Kier molecular flexibility index (Phi) is 6.06. The van der Waals surface area contributed by atoms with Gasteiger partial charge in [-0.3, -0.25) is 9.89 Å². The van der Waals surface area contributed by atoms with Crippen LogP contribution in [0.1, 0.15) is 19.8 Å². The predicted octanol–water partition coefficient (Wildman–Crippen LogP) is 0.736. The first kappa shape index (κ1) is 17.5. The Bertz CT molecular complexity index is 362. The van der Waals surface area contributed by atoms with Crippen molar-refractivity contribution in [3.05, 3.63) is 0 Å². The third kappa shape index (κ3) is 3.91. The second-order valence-corrected chi connectivity index (χ2v) is 6.71. The Morgan fingerprint density at radius 2 is 1.77 bits per heavy atom. The van der Waals surface area contributed by atoms with Crippen molar-refractivity contribution in [2.24, 2.45) is 4.99 Å². The zero-order valence-electron chi connectivity index (χ0n) is 14.8. The van der Waals surface area contributed by atoms with Gasteiger partial charge in [-0.2, -0.15) is 0 Å². The van der Waals surface area contributed by atoms with E-state index in [-0.39, 0.29) is 5.54 Å². The first-order valence-corrected chi connectivity index (χ1v) is 8.32. The van der Waals surface area contributed by atoms with E-state index in [1.165, 1.54) is 0 Å². The molecule has 0 aromatic carbocycles. The molecule has 1 aliphatic carbocycles. The Balaban J connectivity index is 2.07. The first-order chi connectivity index (χ1) is 10.5. The van der Waals surface area contributed by atoms with Crippen molar-refractivity contribution in [2.75, 3.05) is 67.6 Å². The summed E-state index contributed by atoms with van der Waals surface area (Å²) >= 11 is 0. The lowest BCUT2D eigenvalue weighted by atomic mass is 9.72. The highest BCUT2D eigenvalue weighted by Crippen LogP contribution is 2.40. The third-order valence-corrected chi connectivity index (χ3v) is 4.61. The molecular weight excluding hydrogens is 280 g/mol. The minimum atomic E-state index is 0.154. The summed E-state index contributed by atoms with van der Waals surface area (Å²) < 4.78 is 11.3. The van der Waals surface area contributed by atoms with Gasteiger partial charge in [0.1, 0.15) is 0 Å². The van der Waals surface area contributed by atoms with Crippen molar-refractivity contribution in [3.8, 4) is 0 Å². The van der Waals surface area contributed by atoms with Crippen LogP contribution in [-0.4, -0.2) is 99.9 Å². The molecule has 0 atom stereocenters. The number of aliphatic imine (C=N–C) groups is 1. The molecule has 0 amide bonds. The normalized spacial score (nSPS) is 28.9. The summed E-state index contributed by atoms with van der Waals surface area (Å²) in [4.78, 5) is 11.6. The summed E-state index contributed by atoms with van der Waals surface area (Å²) in [6, 6.07) is 0. The van der Waals surface area contributed by atoms with Crippen LogP contribution in [0.4, 0.5) is 0 Å². The molecule has 1 heterocycles. The zero-order chi connectivity index (χ0) is 16.2. The fraction of sp³-hybridized carbons (Fsp3) is 0.938. The summed E-state index contributed by atoms with van der Waals surface area (Å²) in [5.74, 6) is 1.02. The second kappa shape index (κ2) is 7.62. The van der Waals surface area contributed by atoms with Gasteiger partial charge < -0.3 is 19.3 Å². The van der Waals surface area contributed by atoms with E-state index in [0.29, 0.717) is 6.10 Å². The quantitative estimate of drug-likeness (QED) is 0.553. The number of guanidine groups is 1. The van der Waals surface area contributed by atoms with Crippen molar-refractivity contribution < 1.29 is 9.47 Å². The monoisotopic (exact) mass is 312 g/mol. The molecule has 22 heavy (non-hydrogen) atoms. The van der Waals surface area contributed by atoms with Gasteiger partial charge in [0.15, 0.2) is 5.96 Å². The average Bonchev–Trinajstić information content (AvgIpc) is 2.44. The molecule has 2 rings (SSSR count). The van der Waals surface area contributed by atoms with E-state index in [0.717, 1.165) is 58.3 Å². The minimum absolute atomic E-state index is 0.154. The van der Waals surface area contributed by atoms with Gasteiger partial charge in [-0.05, 0) is 19.8 Å². The lowest BCUT2D eigenvalue weighted by Crippen LogP contribution is -2.64. The summed E-state index contributed by atoms with van der Waals surface area (Å²) in [6.45, 7) is 7.39. The second-order valence-electron chi connectivity index (χ2n) is 6.71. The van der Waals surface area contributed by atoms with E-state index < -0.39 is 0 Å². The molecule has 6 nitrogen and oxygen atoms in total. The van der Waals surface area contributed by atoms with E-state index >= 15 is 0 Å². The van der Waals surface area contributed by atoms with Crippen LogP contribution in [0.25, 0.3) is 0 Å². The van der Waals surface area contributed by atoms with Gasteiger partial charge in [0.05, 0.1) is 25.9 Å². The van der Waals surface area contributed by atoms with E-state index in [1.54, 1.807) is 0 Å². The van der Waals surface area contributed by atoms with Gasteiger partial charge in [0.2, 0.25) is 0 Å². The van der Waals surface area contributed by atoms with Crippen LogP contribution in [-0.2, 0) is 9.47 Å². The van der Waals surface area contributed by atoms with Crippen LogP contribution in [0.5, 0.6) is 0 Å². The van der Waals surface area contributed by atoms with Gasteiger partial charge in [-0.15, -0.1) is 0 Å². The van der Waals surface area contributed by atoms with Crippen LogP contribution in [0, 0.1) is 0 Å². The van der Waals surface area contributed by atoms with Gasteiger partial charge in [-0.25, -0.2) is 0 Å². The fourth-order valence-corrected chi connectivity index (χ4v) is 3.57. The van der Waals surface area contributed by atoms with Crippen molar-refractivity contribution in [1.82, 2.24) is 14.7 Å². The van der Waals surface area contributed by atoms with Gasteiger partial charge in [0.25, 0.3) is 0 Å². The molecule has 1 aliphatic heterocycles. The SMILES string of the molecule is CCOC1CC(CN=C(N(C)C)N(C)C)(N2CCOCC2)C1. The number of nitrogens with zero attached hydrogens (tertiary/aromatic N) is 4. The van der Waals surface area contributed by atoms with Gasteiger partial charge in [0, 0.05) is 53.4 Å². The fourth-order valence-electron chi connectivity index (χ4n) is 3.57. The number of hydrogen-bond acceptors (Lipinski definition) is 4. The molecule has 128 valence electrons. The predicted molar refractivity (Wildman–Crippen MR) is 89.4 cm³/mol. The van der Waals surface area contributed by atoms with Crippen LogP contribution < -0.4 is 0 Å². The van der Waals surface area contributed by atoms with Crippen molar-refractivity contribution in [3.63, 3.8) is 0 Å². The lowest BCUT2D eigenvalue weighted by molar-refractivity contribution is -0.122. The Labute approximate surface area is 135 Å². The molecule has 1 saturated carbocycles. The van der Waals surface area contributed by atoms with Crippen molar-refractivity contribution >= 4 is 5.96 Å². The van der Waals surface area contributed by atoms with Crippen molar-refractivity contribution in [1.29, 1.82) is 0 Å². The van der Waals surface area contributed by atoms with Crippen LogP contribution in [0.3, 0.4) is 0 Å². The summed E-state index contributed by atoms with van der Waals surface area (Å²) in [5, 5.41) is 0. The standard InChI is InChI=1S/C16H32N4O2/c1-6-22-14-11-16(12-14,20-7-9-21-10-8-20)13-17-15(18(2)3)19(4)5/h14H,6-13H2,1-5H3. The number of ether oxygens (including phenoxy) is 2. The highest BCUT2D eigenvalue weighted by atomic mass is 16.5. The lowest BCUT2D eigenvalue weighted by Gasteiger charge is -2.54. The maximum absolute atomic E-state index is 5.80. The highest BCUT2D eigenvalue weighted by molar-refractivity contribution is 5.79. The van der Waals surface area contributed by atoms with E-state index in [2.05, 4.69) is 21.6 Å². The van der Waals surface area contributed by atoms with E-state index in [9.17, 15) is 0 Å². The molecule has 1 saturated heterocycles. The molecule has 0 spiro atoms. The third-order valence-electron chi connectivity index (χ3n) is 4.61. The maximum Gasteiger partial charge on any atom is 0.195 e. The molecule has 0 aromatic rings. The summed E-state index contributed by atoms with van der Waals surface area (Å²) in [5.41, 5.74) is 0.154. The first-order valence-electron chi connectivity index (χ1n) is 8.32. The van der Waals surface area contributed by atoms with Gasteiger partial charge in [-0.1, -0.05) is 0 Å². The van der Waals surface area contributed by atoms with Crippen LogP contribution >= 0.6 is 0 Å². The van der Waals surface area contributed by atoms with Crippen LogP contribution in [0.2, 0.25) is 0 Å². The molecular formula is C16H32N4O2. The minimum Gasteiger partial charge on any atom is -0.379 e. The van der Waals surface area contributed by atoms with E-state index in [1.807, 2.05) is 28.2 Å². The molecule has 0 unspecified atom stereocenters. The Morgan fingerprint density at radius 1 is 1.18 bits per heavy atom. The molecule has 2 aliphatic rings. The average molecular weight is 312 g/mol. The Morgan fingerprint density at radius 3 is 2.27 bits per heavy atom. The topological polar surface area (TPSA) is 40.5 Å². The molecule has 6 heteroatoms. The van der Waals surface area contributed by atoms with Crippen molar-refractivity contribution in [2.45, 2.75) is 31.4 Å². The number of hydrogen-bond donors (Lipinski definition) is 0. The van der Waals surface area contributed by atoms with E-state index in [4.69, 9.17) is 14.5 Å². The number of morpholine rings is 1. The molecule has 0 aromatic heterocycles. The summed E-state index contributed by atoms with van der Waals surface area (Å²) in [6.07, 6.45) is 2.56. The number of rotatable bonds is 5. The smallest absolute Gasteiger partial charge is 0.195 e. The molecule has 0 N–H and O–H groups in total. The molecule has 0 bridgehead atoms. The highest BCUT2D eigenvalue weighted by Gasteiger charge is 2.49. The van der Waals surface area contributed by atoms with Gasteiger partial charge >= 0.3 is 0 Å². The zero-order valence-corrected chi connectivity index (χ0v) is 14.8.